The zero-order valence-electron chi connectivity index (χ0n) is 8.26. The summed E-state index contributed by atoms with van der Waals surface area (Å²) >= 11 is 0. The van der Waals surface area contributed by atoms with Crippen LogP contribution in [0.4, 0.5) is 0 Å². The van der Waals surface area contributed by atoms with Gasteiger partial charge in [-0.3, -0.25) is 0 Å². The third-order valence-corrected chi connectivity index (χ3v) is 3.06. The Hall–Kier alpha value is -0.260. The number of allylic oxidation sites excluding steroid dienone is 2. The summed E-state index contributed by atoms with van der Waals surface area (Å²) in [5.74, 6) is 1.71. The second-order valence-electron chi connectivity index (χ2n) is 4.02. The van der Waals surface area contributed by atoms with E-state index in [0.29, 0.717) is 0 Å². The van der Waals surface area contributed by atoms with Crippen molar-refractivity contribution in [3.05, 3.63) is 19.1 Å². The predicted octanol–water partition coefficient (Wildman–Crippen LogP) is 3.98. The Bertz CT molecular complexity index is 135. The first-order chi connectivity index (χ1) is 5.84. The minimum absolute atomic E-state index is 0.813. The van der Waals surface area contributed by atoms with Crippen molar-refractivity contribution in [2.45, 2.75) is 45.4 Å². The highest BCUT2D eigenvalue weighted by Gasteiger charge is 2.14. The molecule has 0 spiro atoms. The fourth-order valence-electron chi connectivity index (χ4n) is 1.93. The molecule has 0 aromatic heterocycles. The Morgan fingerprint density at radius 1 is 1.42 bits per heavy atom. The molecule has 0 fully saturated rings. The third-order valence-electron chi connectivity index (χ3n) is 3.06. The summed E-state index contributed by atoms with van der Waals surface area (Å²) in [6.07, 6.45) is 12.6. The molecule has 0 aromatic rings. The van der Waals surface area contributed by atoms with Crippen LogP contribution in [0.2, 0.25) is 0 Å². The lowest BCUT2D eigenvalue weighted by molar-refractivity contribution is 0.326. The van der Waals surface area contributed by atoms with E-state index >= 15 is 0 Å². The van der Waals surface area contributed by atoms with Crippen LogP contribution in [0.1, 0.15) is 45.4 Å². The Morgan fingerprint density at radius 3 is 3.00 bits per heavy atom. The molecule has 0 nitrogen and oxygen atoms in total. The van der Waals surface area contributed by atoms with Crippen molar-refractivity contribution < 1.29 is 0 Å². The van der Waals surface area contributed by atoms with Crippen molar-refractivity contribution >= 4 is 0 Å². The van der Waals surface area contributed by atoms with Gasteiger partial charge < -0.3 is 0 Å². The average Bonchev–Trinajstić information content (AvgIpc) is 2.02. The highest BCUT2D eigenvalue weighted by Crippen LogP contribution is 2.26. The standard InChI is InChI=1S/C12H21/c1-3-11(2)12-9-7-5-4-6-8-10-12/h5,7,11-12H,1,3-4,6,8-10H2,2H3. The fraction of sp³-hybridized carbons (Fsp3) is 0.750. The summed E-state index contributed by atoms with van der Waals surface area (Å²) in [5.41, 5.74) is 0. The van der Waals surface area contributed by atoms with E-state index in [9.17, 15) is 0 Å². The second-order valence-corrected chi connectivity index (χ2v) is 4.02. The van der Waals surface area contributed by atoms with E-state index in [-0.39, 0.29) is 0 Å². The molecule has 12 heavy (non-hydrogen) atoms. The van der Waals surface area contributed by atoms with Crippen LogP contribution >= 0.6 is 0 Å². The fourth-order valence-corrected chi connectivity index (χ4v) is 1.93. The van der Waals surface area contributed by atoms with Crippen LogP contribution in [-0.4, -0.2) is 0 Å². The molecule has 0 saturated carbocycles. The smallest absolute Gasteiger partial charge is 0.0320 e. The van der Waals surface area contributed by atoms with Crippen LogP contribution in [0, 0.1) is 18.8 Å². The summed E-state index contributed by atoms with van der Waals surface area (Å²) in [5, 5.41) is 0. The van der Waals surface area contributed by atoms with Gasteiger partial charge in [-0.25, -0.2) is 0 Å². The van der Waals surface area contributed by atoms with Crippen molar-refractivity contribution in [3.63, 3.8) is 0 Å². The zero-order valence-corrected chi connectivity index (χ0v) is 8.26. The first-order valence-corrected chi connectivity index (χ1v) is 5.29. The van der Waals surface area contributed by atoms with Crippen LogP contribution < -0.4 is 0 Å². The Labute approximate surface area is 77.1 Å². The monoisotopic (exact) mass is 165 g/mol. The average molecular weight is 165 g/mol. The van der Waals surface area contributed by atoms with Crippen molar-refractivity contribution in [2.24, 2.45) is 11.8 Å². The first-order valence-electron chi connectivity index (χ1n) is 5.29. The summed E-state index contributed by atoms with van der Waals surface area (Å²) in [4.78, 5) is 0. The second kappa shape index (κ2) is 5.40. The van der Waals surface area contributed by atoms with E-state index in [2.05, 4.69) is 26.0 Å². The van der Waals surface area contributed by atoms with Crippen LogP contribution in [0.15, 0.2) is 12.2 Å². The molecule has 1 rings (SSSR count). The topological polar surface area (TPSA) is 0 Å². The molecule has 0 saturated heterocycles. The van der Waals surface area contributed by atoms with Gasteiger partial charge in [-0.15, -0.1) is 0 Å². The molecular formula is C12H21. The maximum absolute atomic E-state index is 3.99. The van der Waals surface area contributed by atoms with Gasteiger partial charge in [0, 0.05) is 0 Å². The van der Waals surface area contributed by atoms with Crippen LogP contribution in [0.5, 0.6) is 0 Å². The molecule has 2 atom stereocenters. The molecule has 0 N–H and O–H groups in total. The molecule has 1 radical (unpaired) electrons. The van der Waals surface area contributed by atoms with E-state index in [1.54, 1.807) is 0 Å². The lowest BCUT2D eigenvalue weighted by Crippen LogP contribution is -2.11. The van der Waals surface area contributed by atoms with Gasteiger partial charge in [0.2, 0.25) is 0 Å². The molecular weight excluding hydrogens is 144 g/mol. The van der Waals surface area contributed by atoms with Crippen molar-refractivity contribution in [1.29, 1.82) is 0 Å². The summed E-state index contributed by atoms with van der Waals surface area (Å²) in [6.45, 7) is 6.33. The highest BCUT2D eigenvalue weighted by atomic mass is 14.2. The Morgan fingerprint density at radius 2 is 2.25 bits per heavy atom. The van der Waals surface area contributed by atoms with Gasteiger partial charge in [0.25, 0.3) is 0 Å². The van der Waals surface area contributed by atoms with Gasteiger partial charge in [0.05, 0.1) is 0 Å². The van der Waals surface area contributed by atoms with Gasteiger partial charge in [0.15, 0.2) is 0 Å². The lowest BCUT2D eigenvalue weighted by atomic mass is 9.83. The van der Waals surface area contributed by atoms with Crippen LogP contribution in [0.3, 0.4) is 0 Å². The van der Waals surface area contributed by atoms with E-state index < -0.39 is 0 Å². The normalized spacial score (nSPS) is 27.7. The number of hydrogen-bond donors (Lipinski definition) is 0. The lowest BCUT2D eigenvalue weighted by Gasteiger charge is -2.22. The highest BCUT2D eigenvalue weighted by molar-refractivity contribution is 4.87. The number of rotatable bonds is 2. The zero-order chi connectivity index (χ0) is 8.81. The summed E-state index contributed by atoms with van der Waals surface area (Å²) in [7, 11) is 0. The van der Waals surface area contributed by atoms with E-state index in [4.69, 9.17) is 0 Å². The third kappa shape index (κ3) is 3.00. The van der Waals surface area contributed by atoms with Crippen molar-refractivity contribution in [2.75, 3.05) is 0 Å². The maximum Gasteiger partial charge on any atom is -0.0320 e. The molecule has 0 bridgehead atoms. The van der Waals surface area contributed by atoms with E-state index in [0.717, 1.165) is 18.3 Å². The minimum atomic E-state index is 0.813. The molecule has 2 unspecified atom stereocenters. The molecule has 0 amide bonds. The molecule has 0 heterocycles. The molecule has 1 aliphatic carbocycles. The van der Waals surface area contributed by atoms with Crippen LogP contribution in [0.25, 0.3) is 0 Å². The number of hydrogen-bond acceptors (Lipinski definition) is 0. The van der Waals surface area contributed by atoms with E-state index in [1.165, 1.54) is 32.1 Å². The molecule has 0 heteroatoms. The van der Waals surface area contributed by atoms with Crippen molar-refractivity contribution in [1.82, 2.24) is 0 Å². The minimum Gasteiger partial charge on any atom is -0.0885 e. The van der Waals surface area contributed by atoms with Gasteiger partial charge in [-0.2, -0.15) is 0 Å². The quantitative estimate of drug-likeness (QED) is 0.543. The Balaban J connectivity index is 2.39. The van der Waals surface area contributed by atoms with Crippen molar-refractivity contribution in [3.8, 4) is 0 Å². The largest absolute Gasteiger partial charge is 0.0885 e. The van der Waals surface area contributed by atoms with Crippen LogP contribution in [-0.2, 0) is 0 Å². The molecule has 69 valence electrons. The van der Waals surface area contributed by atoms with Gasteiger partial charge in [0.1, 0.15) is 0 Å². The molecule has 0 aliphatic heterocycles. The van der Waals surface area contributed by atoms with Gasteiger partial charge in [-0.05, 0) is 37.5 Å². The molecule has 0 aromatic carbocycles. The van der Waals surface area contributed by atoms with E-state index in [1.807, 2.05) is 0 Å². The summed E-state index contributed by atoms with van der Waals surface area (Å²) in [6, 6.07) is 0. The van der Waals surface area contributed by atoms with Gasteiger partial charge >= 0.3 is 0 Å². The predicted molar refractivity (Wildman–Crippen MR) is 54.9 cm³/mol. The summed E-state index contributed by atoms with van der Waals surface area (Å²) < 4.78 is 0. The first kappa shape index (κ1) is 9.83. The van der Waals surface area contributed by atoms with Gasteiger partial charge in [-0.1, -0.05) is 38.8 Å². The SMILES string of the molecule is [CH2]CC(C)C1CC=CCCCC1. The maximum atomic E-state index is 3.99. The Kier molecular flexibility index (Phi) is 4.42. The molecule has 1 aliphatic rings.